The summed E-state index contributed by atoms with van der Waals surface area (Å²) in [6.45, 7) is 6.15. The summed E-state index contributed by atoms with van der Waals surface area (Å²) in [5.74, 6) is 1.29. The Kier molecular flexibility index (Phi) is 5.71. The van der Waals surface area contributed by atoms with Gasteiger partial charge in [-0.3, -0.25) is 9.58 Å². The Balaban J connectivity index is 1.18. The van der Waals surface area contributed by atoms with Gasteiger partial charge in [0.15, 0.2) is 5.82 Å². The average molecular weight is 514 g/mol. The summed E-state index contributed by atoms with van der Waals surface area (Å²) in [6.07, 6.45) is 8.61. The Hall–Kier alpha value is -3.35. The van der Waals surface area contributed by atoms with Crippen LogP contribution in [-0.4, -0.2) is 39.8 Å². The first kappa shape index (κ1) is 23.7. The number of hydrogen-bond acceptors (Lipinski definition) is 3. The van der Waals surface area contributed by atoms with Crippen LogP contribution in [0.2, 0.25) is 0 Å². The van der Waals surface area contributed by atoms with Gasteiger partial charge in [-0.25, -0.2) is 9.18 Å². The third kappa shape index (κ3) is 4.07. The van der Waals surface area contributed by atoms with E-state index in [1.807, 2.05) is 17.9 Å². The molecule has 3 aromatic rings. The van der Waals surface area contributed by atoms with Crippen LogP contribution < -0.4 is 9.80 Å². The van der Waals surface area contributed by atoms with Gasteiger partial charge in [-0.1, -0.05) is 36.4 Å². The van der Waals surface area contributed by atoms with Crippen LogP contribution in [0.25, 0.3) is 0 Å². The number of fused-ring (bicyclic) bond motifs is 1. The van der Waals surface area contributed by atoms with Crippen molar-refractivity contribution in [1.82, 2.24) is 14.7 Å². The Morgan fingerprint density at radius 3 is 2.39 bits per heavy atom. The molecule has 0 N–H and O–H groups in total. The van der Waals surface area contributed by atoms with Crippen molar-refractivity contribution in [1.29, 1.82) is 0 Å². The minimum absolute atomic E-state index is 0.0355. The van der Waals surface area contributed by atoms with Gasteiger partial charge in [-0.2, -0.15) is 5.10 Å². The van der Waals surface area contributed by atoms with Crippen LogP contribution in [0.1, 0.15) is 85.7 Å². The first-order valence-corrected chi connectivity index (χ1v) is 14.3. The molecule has 2 saturated carbocycles. The van der Waals surface area contributed by atoms with E-state index < -0.39 is 0 Å². The zero-order valence-corrected chi connectivity index (χ0v) is 22.3. The lowest BCUT2D eigenvalue weighted by Gasteiger charge is -2.46. The fourth-order valence-corrected chi connectivity index (χ4v) is 6.62. The van der Waals surface area contributed by atoms with Crippen molar-refractivity contribution in [3.05, 3.63) is 76.7 Å². The van der Waals surface area contributed by atoms with E-state index in [9.17, 15) is 9.18 Å². The molecule has 3 fully saturated rings. The molecule has 2 amide bonds. The smallest absolute Gasteiger partial charge is 0.326 e. The van der Waals surface area contributed by atoms with Crippen LogP contribution in [0.5, 0.6) is 0 Å². The van der Waals surface area contributed by atoms with Gasteiger partial charge < -0.3 is 9.80 Å². The Bertz CT molecular complexity index is 1350. The number of para-hydroxylation sites is 1. The number of halogens is 1. The summed E-state index contributed by atoms with van der Waals surface area (Å²) in [6, 6.07) is 14.5. The van der Waals surface area contributed by atoms with Crippen LogP contribution in [0.4, 0.5) is 20.7 Å². The van der Waals surface area contributed by atoms with Crippen LogP contribution in [0.3, 0.4) is 0 Å². The highest BCUT2D eigenvalue weighted by atomic mass is 19.1. The molecular formula is C31H36FN5O. The van der Waals surface area contributed by atoms with Crippen LogP contribution in [-0.2, 0) is 6.54 Å². The third-order valence-electron chi connectivity index (χ3n) is 9.00. The fourth-order valence-electron chi connectivity index (χ4n) is 6.62. The van der Waals surface area contributed by atoms with Gasteiger partial charge in [-0.15, -0.1) is 0 Å². The minimum atomic E-state index is -0.163. The number of piperidine rings is 1. The highest BCUT2D eigenvalue weighted by Crippen LogP contribution is 2.45. The highest BCUT2D eigenvalue weighted by molar-refractivity contribution is 5.94. The number of amides is 2. The van der Waals surface area contributed by atoms with Gasteiger partial charge in [-0.05, 0) is 81.0 Å². The molecule has 2 aromatic carbocycles. The zero-order chi connectivity index (χ0) is 26.0. The van der Waals surface area contributed by atoms with Crippen molar-refractivity contribution in [3.63, 3.8) is 0 Å². The predicted octanol–water partition coefficient (Wildman–Crippen LogP) is 6.72. The molecule has 198 valence electrons. The summed E-state index contributed by atoms with van der Waals surface area (Å²) in [5.41, 5.74) is 5.42. The number of carbonyl (C=O) groups is 1. The van der Waals surface area contributed by atoms with E-state index in [0.717, 1.165) is 55.7 Å². The third-order valence-corrected chi connectivity index (χ3v) is 9.00. The molecule has 2 aliphatic heterocycles. The van der Waals surface area contributed by atoms with E-state index in [1.165, 1.54) is 24.0 Å². The second-order valence-corrected chi connectivity index (χ2v) is 11.7. The molecule has 6 nitrogen and oxygen atoms in total. The van der Waals surface area contributed by atoms with Gasteiger partial charge in [0.05, 0.1) is 24.3 Å². The molecule has 1 atom stereocenters. The number of benzene rings is 2. The lowest BCUT2D eigenvalue weighted by atomic mass is 9.96. The van der Waals surface area contributed by atoms with E-state index in [2.05, 4.69) is 51.9 Å². The predicted molar refractivity (Wildman–Crippen MR) is 147 cm³/mol. The van der Waals surface area contributed by atoms with E-state index in [4.69, 9.17) is 5.10 Å². The van der Waals surface area contributed by atoms with Crippen LogP contribution in [0.15, 0.2) is 48.7 Å². The second kappa shape index (κ2) is 9.14. The molecule has 1 saturated heterocycles. The van der Waals surface area contributed by atoms with E-state index in [1.54, 1.807) is 12.1 Å². The quantitative estimate of drug-likeness (QED) is 0.368. The Morgan fingerprint density at radius 2 is 1.68 bits per heavy atom. The maximum absolute atomic E-state index is 14.7. The lowest BCUT2D eigenvalue weighted by Crippen LogP contribution is -2.55. The zero-order valence-electron chi connectivity index (χ0n) is 22.3. The summed E-state index contributed by atoms with van der Waals surface area (Å²) in [4.78, 5) is 20.5. The number of anilines is 2. The topological polar surface area (TPSA) is 44.6 Å². The normalized spacial score (nSPS) is 22.2. The monoisotopic (exact) mass is 513 g/mol. The van der Waals surface area contributed by atoms with Crippen molar-refractivity contribution in [2.24, 2.45) is 0 Å². The van der Waals surface area contributed by atoms with Crippen LogP contribution >= 0.6 is 0 Å². The number of rotatable bonds is 6. The van der Waals surface area contributed by atoms with Crippen molar-refractivity contribution in [2.75, 3.05) is 22.9 Å². The highest BCUT2D eigenvalue weighted by Gasteiger charge is 2.43. The van der Waals surface area contributed by atoms with Gasteiger partial charge in [0, 0.05) is 30.9 Å². The molecule has 0 spiro atoms. The first-order valence-electron chi connectivity index (χ1n) is 14.3. The van der Waals surface area contributed by atoms with Gasteiger partial charge in [0.25, 0.3) is 0 Å². The maximum Gasteiger partial charge on any atom is 0.326 e. The van der Waals surface area contributed by atoms with Crippen LogP contribution in [0, 0.1) is 12.7 Å². The fraction of sp³-hybridized carbons (Fsp3) is 0.484. The van der Waals surface area contributed by atoms with Crippen molar-refractivity contribution in [3.8, 4) is 0 Å². The molecule has 0 unspecified atom stereocenters. The number of carbonyl (C=O) groups excluding carboxylic acids is 1. The summed E-state index contributed by atoms with van der Waals surface area (Å²) in [7, 11) is 0. The molecule has 0 bridgehead atoms. The maximum atomic E-state index is 14.7. The summed E-state index contributed by atoms with van der Waals surface area (Å²) < 4.78 is 16.8. The molecule has 2 aliphatic carbocycles. The molecule has 0 radical (unpaired) electrons. The Labute approximate surface area is 224 Å². The van der Waals surface area contributed by atoms with Gasteiger partial charge in [0.2, 0.25) is 0 Å². The average Bonchev–Trinajstić information content (AvgIpc) is 3.86. The molecule has 7 rings (SSSR count). The first-order chi connectivity index (χ1) is 18.5. The largest absolute Gasteiger partial charge is 0.369 e. The van der Waals surface area contributed by atoms with E-state index in [0.29, 0.717) is 24.2 Å². The molecule has 3 heterocycles. The van der Waals surface area contributed by atoms with Gasteiger partial charge in [0.1, 0.15) is 5.82 Å². The molecular weight excluding hydrogens is 477 g/mol. The molecule has 7 heteroatoms. The van der Waals surface area contributed by atoms with Crippen molar-refractivity contribution in [2.45, 2.75) is 83.0 Å². The second-order valence-electron chi connectivity index (χ2n) is 11.7. The molecule has 1 aromatic heterocycles. The number of urea groups is 1. The van der Waals surface area contributed by atoms with E-state index >= 15 is 0 Å². The van der Waals surface area contributed by atoms with E-state index in [-0.39, 0.29) is 23.9 Å². The standard InChI is InChI=1S/C31H36FN5O/c1-20-6-5-9-28(32)29(20)34-16-14-25(15-17-34)37-21(2)27-19-36(24-12-13-24)33-30(27)35(31(37)38)18-23-7-3-4-8-26(23)22-10-11-22/h3-9,19,21-22,24-25H,10-18H2,1-2H3/t21-/m1/s1. The number of aromatic nitrogens is 2. The van der Waals surface area contributed by atoms with Crippen molar-refractivity contribution < 1.29 is 9.18 Å². The number of nitrogens with zero attached hydrogens (tertiary/aromatic N) is 5. The number of aryl methyl sites for hydroxylation is 1. The summed E-state index contributed by atoms with van der Waals surface area (Å²) in [5, 5.41) is 4.98. The lowest BCUT2D eigenvalue weighted by molar-refractivity contribution is 0.136. The minimum Gasteiger partial charge on any atom is -0.369 e. The molecule has 4 aliphatic rings. The van der Waals surface area contributed by atoms with Gasteiger partial charge >= 0.3 is 6.03 Å². The number of hydrogen-bond donors (Lipinski definition) is 0. The van der Waals surface area contributed by atoms with Crippen molar-refractivity contribution >= 4 is 17.5 Å². The molecule has 38 heavy (non-hydrogen) atoms. The summed E-state index contributed by atoms with van der Waals surface area (Å²) >= 11 is 0. The SMILES string of the molecule is Cc1cccc(F)c1N1CCC(N2C(=O)N(Cc3ccccc3C3CC3)c3nn(C4CC4)cc3[C@H]2C)CC1. The Morgan fingerprint density at radius 1 is 0.921 bits per heavy atom.